The van der Waals surface area contributed by atoms with Gasteiger partial charge in [0, 0.05) is 6.20 Å². The van der Waals surface area contributed by atoms with Crippen molar-refractivity contribution >= 4 is 17.5 Å². The van der Waals surface area contributed by atoms with Crippen LogP contribution in [0.1, 0.15) is 10.5 Å². The first-order chi connectivity index (χ1) is 5.74. The van der Waals surface area contributed by atoms with Crippen LogP contribution in [0.15, 0.2) is 12.3 Å². The first-order valence-electron chi connectivity index (χ1n) is 3.29. The summed E-state index contributed by atoms with van der Waals surface area (Å²) < 4.78 is 0. The van der Waals surface area contributed by atoms with Crippen LogP contribution in [0, 0.1) is 12.3 Å². The molecule has 0 aromatic carbocycles. The topological polar surface area (TPSA) is 44.9 Å². The molecule has 0 bridgehead atoms. The normalized spacial score (nSPS) is 9.00. The number of halogens is 1. The molecule has 0 aliphatic carbocycles. The average molecular weight is 183 g/mol. The van der Waals surface area contributed by atoms with Crippen molar-refractivity contribution in [2.24, 2.45) is 0 Å². The Hall–Kier alpha value is -1.40. The van der Waals surface area contributed by atoms with Crippen LogP contribution in [0.3, 0.4) is 0 Å². The van der Waals surface area contributed by atoms with Gasteiger partial charge < -0.3 is 10.3 Å². The minimum atomic E-state index is -0.250. The van der Waals surface area contributed by atoms with Gasteiger partial charge in [-0.05, 0) is 6.07 Å². The largest absolute Gasteiger partial charge is 0.356 e. The molecule has 4 heteroatoms. The van der Waals surface area contributed by atoms with Gasteiger partial charge in [0.1, 0.15) is 5.69 Å². The van der Waals surface area contributed by atoms with Crippen molar-refractivity contribution in [1.82, 2.24) is 10.3 Å². The zero-order chi connectivity index (χ0) is 8.97. The summed E-state index contributed by atoms with van der Waals surface area (Å²) in [6.07, 6.45) is 6.49. The van der Waals surface area contributed by atoms with Gasteiger partial charge in [-0.15, -0.1) is 6.42 Å². The molecule has 0 atom stereocenters. The van der Waals surface area contributed by atoms with E-state index in [4.69, 9.17) is 18.0 Å². The Kier molecular flexibility index (Phi) is 2.78. The van der Waals surface area contributed by atoms with E-state index in [9.17, 15) is 4.79 Å². The van der Waals surface area contributed by atoms with Gasteiger partial charge in [0.25, 0.3) is 5.91 Å². The maximum Gasteiger partial charge on any atom is 0.268 e. The van der Waals surface area contributed by atoms with Gasteiger partial charge in [-0.1, -0.05) is 17.5 Å². The fraction of sp³-hybridized carbons (Fsp3) is 0.125. The third-order valence-electron chi connectivity index (χ3n) is 1.24. The summed E-state index contributed by atoms with van der Waals surface area (Å²) in [5.41, 5.74) is 0.412. The minimum absolute atomic E-state index is 0.218. The van der Waals surface area contributed by atoms with Crippen molar-refractivity contribution in [1.29, 1.82) is 0 Å². The Morgan fingerprint density at radius 3 is 3.08 bits per heavy atom. The molecule has 0 aliphatic heterocycles. The second kappa shape index (κ2) is 3.84. The molecule has 62 valence electrons. The number of carbonyl (C=O) groups excluding carboxylic acids is 1. The summed E-state index contributed by atoms with van der Waals surface area (Å²) in [7, 11) is 0. The minimum Gasteiger partial charge on any atom is -0.356 e. The molecular formula is C8H7ClN2O. The van der Waals surface area contributed by atoms with Crippen LogP contribution >= 0.6 is 11.6 Å². The summed E-state index contributed by atoms with van der Waals surface area (Å²) >= 11 is 5.59. The van der Waals surface area contributed by atoms with Gasteiger partial charge in [0.15, 0.2) is 0 Å². The average Bonchev–Trinajstić information content (AvgIpc) is 2.47. The van der Waals surface area contributed by atoms with Gasteiger partial charge in [0.05, 0.1) is 11.6 Å². The lowest BCUT2D eigenvalue weighted by molar-refractivity contribution is 0.0954. The van der Waals surface area contributed by atoms with E-state index in [2.05, 4.69) is 16.2 Å². The first kappa shape index (κ1) is 8.69. The fourth-order valence-electron chi connectivity index (χ4n) is 0.726. The Morgan fingerprint density at radius 2 is 2.58 bits per heavy atom. The molecule has 0 saturated heterocycles. The Morgan fingerprint density at radius 1 is 1.83 bits per heavy atom. The van der Waals surface area contributed by atoms with Crippen molar-refractivity contribution in [2.75, 3.05) is 6.54 Å². The van der Waals surface area contributed by atoms with E-state index in [1.807, 2.05) is 0 Å². The van der Waals surface area contributed by atoms with Crippen molar-refractivity contribution in [2.45, 2.75) is 0 Å². The van der Waals surface area contributed by atoms with Gasteiger partial charge >= 0.3 is 0 Å². The summed E-state index contributed by atoms with van der Waals surface area (Å²) in [5.74, 6) is 2.05. The van der Waals surface area contributed by atoms with Gasteiger partial charge in [0.2, 0.25) is 0 Å². The molecule has 0 saturated carbocycles. The molecule has 2 N–H and O–H groups in total. The van der Waals surface area contributed by atoms with Crippen molar-refractivity contribution in [3.05, 3.63) is 23.0 Å². The summed E-state index contributed by atoms with van der Waals surface area (Å²) in [4.78, 5) is 13.8. The molecule has 0 aliphatic rings. The van der Waals surface area contributed by atoms with E-state index in [1.54, 1.807) is 0 Å². The van der Waals surface area contributed by atoms with Crippen LogP contribution in [0.4, 0.5) is 0 Å². The Labute approximate surface area is 75.1 Å². The number of carbonyl (C=O) groups is 1. The van der Waals surface area contributed by atoms with Crippen LogP contribution in [0.2, 0.25) is 5.02 Å². The van der Waals surface area contributed by atoms with Crippen molar-refractivity contribution in [3.63, 3.8) is 0 Å². The van der Waals surface area contributed by atoms with Crippen LogP contribution in [0.5, 0.6) is 0 Å². The second-order valence-corrected chi connectivity index (χ2v) is 2.55. The maximum absolute atomic E-state index is 11.1. The molecular weight excluding hydrogens is 176 g/mol. The Bertz CT molecular complexity index is 324. The highest BCUT2D eigenvalue weighted by Crippen LogP contribution is 2.08. The molecule has 0 unspecified atom stereocenters. The monoisotopic (exact) mass is 182 g/mol. The van der Waals surface area contributed by atoms with E-state index in [0.717, 1.165) is 0 Å². The number of hydrogen-bond acceptors (Lipinski definition) is 1. The predicted octanol–water partition coefficient (Wildman–Crippen LogP) is 1.03. The number of nitrogens with one attached hydrogen (secondary N) is 2. The van der Waals surface area contributed by atoms with Gasteiger partial charge in [-0.2, -0.15) is 0 Å². The highest BCUT2D eigenvalue weighted by Gasteiger charge is 2.05. The molecule has 0 fully saturated rings. The molecule has 3 nitrogen and oxygen atoms in total. The molecule has 1 aromatic rings. The van der Waals surface area contributed by atoms with Crippen molar-refractivity contribution < 1.29 is 4.79 Å². The molecule has 0 radical (unpaired) electrons. The highest BCUT2D eigenvalue weighted by atomic mass is 35.5. The van der Waals surface area contributed by atoms with Crippen LogP contribution in [-0.4, -0.2) is 17.4 Å². The number of rotatable bonds is 2. The van der Waals surface area contributed by atoms with Crippen LogP contribution in [0.25, 0.3) is 0 Å². The summed E-state index contributed by atoms with van der Waals surface area (Å²) in [6.45, 7) is 0.218. The second-order valence-electron chi connectivity index (χ2n) is 2.12. The van der Waals surface area contributed by atoms with Crippen LogP contribution in [-0.2, 0) is 0 Å². The summed E-state index contributed by atoms with van der Waals surface area (Å²) in [6, 6.07) is 1.54. The maximum atomic E-state index is 11.1. The SMILES string of the molecule is C#CCNC(=O)c1cc(Cl)c[nH]1. The van der Waals surface area contributed by atoms with E-state index < -0.39 is 0 Å². The molecule has 1 amide bonds. The number of terminal acetylenes is 1. The van der Waals surface area contributed by atoms with Crippen LogP contribution < -0.4 is 5.32 Å². The number of aromatic nitrogens is 1. The molecule has 0 spiro atoms. The standard InChI is InChI=1S/C8H7ClN2O/c1-2-3-10-8(12)7-4-6(9)5-11-7/h1,4-5,11H,3H2,(H,10,12). The number of hydrogen-bond donors (Lipinski definition) is 2. The quantitative estimate of drug-likeness (QED) is 0.660. The first-order valence-corrected chi connectivity index (χ1v) is 3.67. The van der Waals surface area contributed by atoms with Crippen molar-refractivity contribution in [3.8, 4) is 12.3 Å². The number of H-pyrrole nitrogens is 1. The molecule has 1 heterocycles. The molecule has 1 aromatic heterocycles. The zero-order valence-corrected chi connectivity index (χ0v) is 6.98. The third kappa shape index (κ3) is 2.04. The fourth-order valence-corrected chi connectivity index (χ4v) is 0.889. The van der Waals surface area contributed by atoms with E-state index >= 15 is 0 Å². The molecule has 12 heavy (non-hydrogen) atoms. The highest BCUT2D eigenvalue weighted by molar-refractivity contribution is 6.30. The third-order valence-corrected chi connectivity index (χ3v) is 1.46. The Balaban J connectivity index is 2.61. The number of aromatic amines is 1. The lowest BCUT2D eigenvalue weighted by Gasteiger charge is -1.96. The lowest BCUT2D eigenvalue weighted by Crippen LogP contribution is -2.23. The van der Waals surface area contributed by atoms with E-state index in [0.29, 0.717) is 10.7 Å². The zero-order valence-electron chi connectivity index (χ0n) is 6.23. The van der Waals surface area contributed by atoms with E-state index in [1.165, 1.54) is 12.3 Å². The van der Waals surface area contributed by atoms with Gasteiger partial charge in [-0.3, -0.25) is 4.79 Å². The predicted molar refractivity (Wildman–Crippen MR) is 47.0 cm³/mol. The lowest BCUT2D eigenvalue weighted by atomic mass is 10.4. The smallest absolute Gasteiger partial charge is 0.268 e. The molecule has 1 rings (SSSR count). The summed E-state index contributed by atoms with van der Waals surface area (Å²) in [5, 5.41) is 3.00. The van der Waals surface area contributed by atoms with E-state index in [-0.39, 0.29) is 12.5 Å². The van der Waals surface area contributed by atoms with Gasteiger partial charge in [-0.25, -0.2) is 0 Å². The number of amides is 1.